The Bertz CT molecular complexity index is 591. The summed E-state index contributed by atoms with van der Waals surface area (Å²) in [6.45, 7) is 1.68. The lowest BCUT2D eigenvalue weighted by Crippen LogP contribution is -2.15. The number of carbonyl (C=O) groups excluding carboxylic acids is 1. The van der Waals surface area contributed by atoms with E-state index in [1.165, 1.54) is 12.5 Å². The number of aryl methyl sites for hydroxylation is 1. The Morgan fingerprint density at radius 3 is 2.78 bits per heavy atom. The Morgan fingerprint density at radius 2 is 2.17 bits per heavy atom. The van der Waals surface area contributed by atoms with Crippen LogP contribution in [0.2, 0.25) is 0 Å². The van der Waals surface area contributed by atoms with Crippen LogP contribution in [0.5, 0.6) is 0 Å². The molecule has 1 amide bonds. The van der Waals surface area contributed by atoms with E-state index < -0.39 is 11.9 Å². The standard InChI is InChI=1S/C12H11N3O3/c1-7-3-2-4-8(10(7)12(17)18)15-11(16)9-5-13-6-14-9/h2-6H,1H3,(H,13,14)(H,15,16)(H,17,18). The molecule has 6 nitrogen and oxygen atoms in total. The summed E-state index contributed by atoms with van der Waals surface area (Å²) in [5, 5.41) is 11.7. The van der Waals surface area contributed by atoms with Crippen LogP contribution in [-0.2, 0) is 0 Å². The minimum absolute atomic E-state index is 0.0883. The number of H-pyrrole nitrogens is 1. The molecule has 0 atom stereocenters. The maximum Gasteiger partial charge on any atom is 0.338 e. The second-order valence-electron chi connectivity index (χ2n) is 3.72. The fraction of sp³-hybridized carbons (Fsp3) is 0.0833. The van der Waals surface area contributed by atoms with Gasteiger partial charge in [0.05, 0.1) is 23.8 Å². The molecule has 18 heavy (non-hydrogen) atoms. The SMILES string of the molecule is Cc1cccc(NC(=O)c2cnc[nH]2)c1C(=O)O. The molecule has 0 saturated carbocycles. The van der Waals surface area contributed by atoms with Gasteiger partial charge in [0.1, 0.15) is 5.69 Å². The summed E-state index contributed by atoms with van der Waals surface area (Å²) in [6.07, 6.45) is 2.74. The van der Waals surface area contributed by atoms with Crippen molar-refractivity contribution >= 4 is 17.6 Å². The van der Waals surface area contributed by atoms with Gasteiger partial charge in [-0.15, -0.1) is 0 Å². The van der Waals surface area contributed by atoms with Gasteiger partial charge in [0.15, 0.2) is 0 Å². The number of nitrogens with one attached hydrogen (secondary N) is 2. The predicted octanol–water partition coefficient (Wildman–Crippen LogP) is 1.67. The van der Waals surface area contributed by atoms with Gasteiger partial charge < -0.3 is 15.4 Å². The molecule has 6 heteroatoms. The molecule has 1 aromatic heterocycles. The molecule has 0 unspecified atom stereocenters. The normalized spacial score (nSPS) is 10.1. The van der Waals surface area contributed by atoms with Crippen LogP contribution >= 0.6 is 0 Å². The number of aromatic nitrogens is 2. The second-order valence-corrected chi connectivity index (χ2v) is 3.72. The lowest BCUT2D eigenvalue weighted by molar-refractivity contribution is 0.0697. The number of imidazole rings is 1. The molecule has 0 aliphatic rings. The predicted molar refractivity (Wildman–Crippen MR) is 64.7 cm³/mol. The second kappa shape index (κ2) is 4.70. The molecular weight excluding hydrogens is 234 g/mol. The molecule has 92 valence electrons. The highest BCUT2D eigenvalue weighted by Gasteiger charge is 2.15. The zero-order valence-corrected chi connectivity index (χ0v) is 9.60. The molecule has 0 fully saturated rings. The highest BCUT2D eigenvalue weighted by Crippen LogP contribution is 2.20. The van der Waals surface area contributed by atoms with Crippen LogP contribution in [0.25, 0.3) is 0 Å². The zero-order chi connectivity index (χ0) is 13.1. The molecule has 0 radical (unpaired) electrons. The highest BCUT2D eigenvalue weighted by molar-refractivity contribution is 6.07. The van der Waals surface area contributed by atoms with E-state index in [0.717, 1.165) is 0 Å². The lowest BCUT2D eigenvalue weighted by Gasteiger charge is -2.09. The number of rotatable bonds is 3. The average molecular weight is 245 g/mol. The van der Waals surface area contributed by atoms with E-state index in [4.69, 9.17) is 5.11 Å². The number of hydrogen-bond donors (Lipinski definition) is 3. The van der Waals surface area contributed by atoms with Crippen molar-refractivity contribution in [2.75, 3.05) is 5.32 Å². The molecule has 2 rings (SSSR count). The number of benzene rings is 1. The molecule has 0 aliphatic heterocycles. The summed E-state index contributed by atoms with van der Waals surface area (Å²) in [5.41, 5.74) is 1.21. The van der Waals surface area contributed by atoms with E-state index in [1.54, 1.807) is 25.1 Å². The van der Waals surface area contributed by atoms with Crippen molar-refractivity contribution in [2.45, 2.75) is 6.92 Å². The fourth-order valence-electron chi connectivity index (χ4n) is 1.63. The molecule has 0 bridgehead atoms. The zero-order valence-electron chi connectivity index (χ0n) is 9.60. The summed E-state index contributed by atoms with van der Waals surface area (Å²) in [4.78, 5) is 29.3. The number of amides is 1. The van der Waals surface area contributed by atoms with Crippen molar-refractivity contribution in [3.63, 3.8) is 0 Å². The van der Waals surface area contributed by atoms with E-state index in [1.807, 2.05) is 0 Å². The highest BCUT2D eigenvalue weighted by atomic mass is 16.4. The first kappa shape index (κ1) is 11.8. The van der Waals surface area contributed by atoms with Crippen molar-refractivity contribution in [1.82, 2.24) is 9.97 Å². The Morgan fingerprint density at radius 1 is 1.39 bits per heavy atom. The maximum absolute atomic E-state index is 11.8. The van der Waals surface area contributed by atoms with Gasteiger partial charge in [0.2, 0.25) is 0 Å². The van der Waals surface area contributed by atoms with Gasteiger partial charge in [0.25, 0.3) is 5.91 Å². The van der Waals surface area contributed by atoms with Gasteiger partial charge in [-0.1, -0.05) is 12.1 Å². The number of hydrogen-bond acceptors (Lipinski definition) is 3. The van der Waals surface area contributed by atoms with E-state index in [0.29, 0.717) is 5.56 Å². The van der Waals surface area contributed by atoms with Gasteiger partial charge in [-0.2, -0.15) is 0 Å². The van der Waals surface area contributed by atoms with Gasteiger partial charge in [-0.25, -0.2) is 9.78 Å². The van der Waals surface area contributed by atoms with Crippen LogP contribution in [0.15, 0.2) is 30.7 Å². The van der Waals surface area contributed by atoms with E-state index >= 15 is 0 Å². The van der Waals surface area contributed by atoms with Crippen LogP contribution in [0.1, 0.15) is 26.4 Å². The molecular formula is C12H11N3O3. The smallest absolute Gasteiger partial charge is 0.338 e. The Labute approximate surface area is 103 Å². The summed E-state index contributed by atoms with van der Waals surface area (Å²) < 4.78 is 0. The molecule has 0 spiro atoms. The van der Waals surface area contributed by atoms with Crippen LogP contribution in [0, 0.1) is 6.92 Å². The monoisotopic (exact) mass is 245 g/mol. The van der Waals surface area contributed by atoms with E-state index in [-0.39, 0.29) is 16.9 Å². The van der Waals surface area contributed by atoms with Gasteiger partial charge in [-0.3, -0.25) is 4.79 Å². The average Bonchev–Trinajstić information content (AvgIpc) is 2.81. The number of carbonyl (C=O) groups is 2. The Balaban J connectivity index is 2.32. The van der Waals surface area contributed by atoms with Crippen molar-refractivity contribution in [1.29, 1.82) is 0 Å². The maximum atomic E-state index is 11.8. The number of aromatic amines is 1. The van der Waals surface area contributed by atoms with Gasteiger partial charge in [0, 0.05) is 0 Å². The Kier molecular flexibility index (Phi) is 3.09. The Hall–Kier alpha value is -2.63. The van der Waals surface area contributed by atoms with Crippen LogP contribution in [0.4, 0.5) is 5.69 Å². The molecule has 1 aromatic carbocycles. The first-order valence-electron chi connectivity index (χ1n) is 5.22. The van der Waals surface area contributed by atoms with Crippen LogP contribution < -0.4 is 5.32 Å². The van der Waals surface area contributed by atoms with Crippen LogP contribution in [-0.4, -0.2) is 27.0 Å². The van der Waals surface area contributed by atoms with Gasteiger partial charge >= 0.3 is 5.97 Å². The third kappa shape index (κ3) is 2.22. The number of carboxylic acids is 1. The van der Waals surface area contributed by atoms with Crippen molar-refractivity contribution in [2.24, 2.45) is 0 Å². The fourth-order valence-corrected chi connectivity index (χ4v) is 1.63. The largest absolute Gasteiger partial charge is 0.478 e. The molecule has 1 heterocycles. The van der Waals surface area contributed by atoms with Crippen molar-refractivity contribution < 1.29 is 14.7 Å². The number of anilines is 1. The number of carboxylic acid groups (broad SMARTS) is 1. The minimum Gasteiger partial charge on any atom is -0.478 e. The van der Waals surface area contributed by atoms with Crippen LogP contribution in [0.3, 0.4) is 0 Å². The third-order valence-electron chi connectivity index (χ3n) is 2.48. The van der Waals surface area contributed by atoms with Crippen molar-refractivity contribution in [3.8, 4) is 0 Å². The molecule has 3 N–H and O–H groups in total. The summed E-state index contributed by atoms with van der Waals surface area (Å²) in [6, 6.07) is 4.91. The third-order valence-corrected chi connectivity index (χ3v) is 2.48. The minimum atomic E-state index is -1.08. The molecule has 2 aromatic rings. The molecule has 0 saturated heterocycles. The first-order chi connectivity index (χ1) is 8.59. The van der Waals surface area contributed by atoms with Gasteiger partial charge in [-0.05, 0) is 18.6 Å². The number of nitrogens with zero attached hydrogens (tertiary/aromatic N) is 1. The number of aromatic carboxylic acids is 1. The van der Waals surface area contributed by atoms with E-state index in [9.17, 15) is 9.59 Å². The topological polar surface area (TPSA) is 95.1 Å². The lowest BCUT2D eigenvalue weighted by atomic mass is 10.1. The molecule has 0 aliphatic carbocycles. The van der Waals surface area contributed by atoms with E-state index in [2.05, 4.69) is 15.3 Å². The quantitative estimate of drug-likeness (QED) is 0.766. The summed E-state index contributed by atoms with van der Waals surface area (Å²) in [5.74, 6) is -1.51. The first-order valence-corrected chi connectivity index (χ1v) is 5.22. The summed E-state index contributed by atoms with van der Waals surface area (Å²) >= 11 is 0. The summed E-state index contributed by atoms with van der Waals surface area (Å²) in [7, 11) is 0. The van der Waals surface area contributed by atoms with Crippen molar-refractivity contribution in [3.05, 3.63) is 47.5 Å².